The lowest BCUT2D eigenvalue weighted by Crippen LogP contribution is -2.20. The van der Waals surface area contributed by atoms with Gasteiger partial charge in [-0.3, -0.25) is 0 Å². The second kappa shape index (κ2) is 12.2. The van der Waals surface area contributed by atoms with Crippen LogP contribution in [0.1, 0.15) is 19.8 Å². The van der Waals surface area contributed by atoms with Crippen molar-refractivity contribution in [3.8, 4) is 0 Å². The van der Waals surface area contributed by atoms with Gasteiger partial charge in [0.2, 0.25) is 0 Å². The average molecular weight is 327 g/mol. The van der Waals surface area contributed by atoms with E-state index in [1.165, 1.54) is 6.08 Å². The first-order valence-electron chi connectivity index (χ1n) is 6.92. The molecule has 0 saturated carbocycles. The lowest BCUT2D eigenvalue weighted by Gasteiger charge is -2.17. The maximum absolute atomic E-state index is 10.9. The number of hydrogen-bond acceptors (Lipinski definition) is 4. The van der Waals surface area contributed by atoms with Crippen molar-refractivity contribution in [2.45, 2.75) is 19.8 Å². The molecular formula is C16H25NO6. The van der Waals surface area contributed by atoms with Crippen LogP contribution in [0.3, 0.4) is 0 Å². The number of aliphatic carboxylic acids is 3. The first-order valence-corrected chi connectivity index (χ1v) is 6.92. The van der Waals surface area contributed by atoms with E-state index < -0.39 is 23.8 Å². The minimum atomic E-state index is -1.09. The molecule has 0 aliphatic carbocycles. The highest BCUT2D eigenvalue weighted by Crippen LogP contribution is 2.19. The fraction of sp³-hybridized carbons (Fsp3) is 0.438. The van der Waals surface area contributed by atoms with Crippen LogP contribution in [-0.4, -0.2) is 58.8 Å². The second-order valence-electron chi connectivity index (χ2n) is 4.92. The zero-order valence-corrected chi connectivity index (χ0v) is 13.8. The second-order valence-corrected chi connectivity index (χ2v) is 4.92. The third-order valence-corrected chi connectivity index (χ3v) is 2.84. The highest BCUT2D eigenvalue weighted by Gasteiger charge is 2.18. The molecule has 1 unspecified atom stereocenters. The summed E-state index contributed by atoms with van der Waals surface area (Å²) in [6.07, 6.45) is 3.23. The molecule has 3 N–H and O–H groups in total. The minimum Gasteiger partial charge on any atom is -0.478 e. The number of nitrogens with zero attached hydrogens (tertiary/aromatic N) is 1. The van der Waals surface area contributed by atoms with E-state index in [1.807, 2.05) is 19.0 Å². The molecule has 0 fully saturated rings. The van der Waals surface area contributed by atoms with Crippen LogP contribution >= 0.6 is 0 Å². The fourth-order valence-corrected chi connectivity index (χ4v) is 1.50. The largest absolute Gasteiger partial charge is 0.478 e. The number of carboxylic acids is 3. The Bertz CT molecular complexity index is 479. The molecule has 0 spiro atoms. The van der Waals surface area contributed by atoms with Crippen molar-refractivity contribution in [1.82, 2.24) is 4.90 Å². The molecule has 0 rings (SSSR count). The zero-order chi connectivity index (χ0) is 18.6. The number of rotatable bonds is 9. The van der Waals surface area contributed by atoms with Gasteiger partial charge in [-0.15, -0.1) is 0 Å². The quantitative estimate of drug-likeness (QED) is 0.554. The molecule has 7 nitrogen and oxygen atoms in total. The predicted molar refractivity (Wildman–Crippen MR) is 87.3 cm³/mol. The molecule has 0 aromatic heterocycles. The summed E-state index contributed by atoms with van der Waals surface area (Å²) < 4.78 is 0. The first kappa shape index (κ1) is 22.9. The van der Waals surface area contributed by atoms with Gasteiger partial charge in [-0.05, 0) is 33.5 Å². The van der Waals surface area contributed by atoms with Crippen LogP contribution in [0.4, 0.5) is 0 Å². The molecule has 0 aromatic rings. The van der Waals surface area contributed by atoms with Crippen molar-refractivity contribution < 1.29 is 29.7 Å². The summed E-state index contributed by atoms with van der Waals surface area (Å²) >= 11 is 0. The Morgan fingerprint density at radius 2 is 1.61 bits per heavy atom. The van der Waals surface area contributed by atoms with Crippen LogP contribution in [0, 0.1) is 5.92 Å². The van der Waals surface area contributed by atoms with Gasteiger partial charge in [-0.1, -0.05) is 26.2 Å². The molecule has 0 aromatic carbocycles. The topological polar surface area (TPSA) is 115 Å². The Morgan fingerprint density at radius 1 is 1.13 bits per heavy atom. The molecule has 0 amide bonds. The summed E-state index contributed by atoms with van der Waals surface area (Å²) in [7, 11) is 3.75. The monoisotopic (exact) mass is 327 g/mol. The van der Waals surface area contributed by atoms with E-state index >= 15 is 0 Å². The van der Waals surface area contributed by atoms with E-state index in [0.29, 0.717) is 19.4 Å². The van der Waals surface area contributed by atoms with Crippen LogP contribution < -0.4 is 0 Å². The smallest absolute Gasteiger partial charge is 0.331 e. The standard InChI is InChI=1S/C13H21NO4.C3H4O2/c1-5-10(13(17)18)8-11(6-7-14(3)4)9(2)12(15)16;1-2-3(4)5/h8,11H,2,5-7H2,1,3-4H3,(H,15,16)(H,17,18);2H,1H2,(H,4,5). The summed E-state index contributed by atoms with van der Waals surface area (Å²) in [5, 5.41) is 25.5. The Kier molecular flexibility index (Phi) is 12.1. The lowest BCUT2D eigenvalue weighted by atomic mass is 9.93. The lowest BCUT2D eigenvalue weighted by molar-refractivity contribution is -0.134. The predicted octanol–water partition coefficient (Wildman–Crippen LogP) is 1.87. The maximum Gasteiger partial charge on any atom is 0.331 e. The van der Waals surface area contributed by atoms with Crippen LogP contribution in [-0.2, 0) is 14.4 Å². The third-order valence-electron chi connectivity index (χ3n) is 2.84. The number of hydrogen-bond donors (Lipinski definition) is 3. The summed E-state index contributed by atoms with van der Waals surface area (Å²) in [5.41, 5.74) is 0.255. The van der Waals surface area contributed by atoms with E-state index in [4.69, 9.17) is 15.3 Å². The zero-order valence-electron chi connectivity index (χ0n) is 13.8. The summed E-state index contributed by atoms with van der Waals surface area (Å²) in [5.74, 6) is -3.53. The van der Waals surface area contributed by atoms with Gasteiger partial charge in [0.15, 0.2) is 0 Å². The summed E-state index contributed by atoms with van der Waals surface area (Å²) in [6, 6.07) is 0. The normalized spacial score (nSPS) is 11.9. The molecule has 130 valence electrons. The highest BCUT2D eigenvalue weighted by atomic mass is 16.4. The summed E-state index contributed by atoms with van der Waals surface area (Å²) in [6.45, 7) is 8.88. The van der Waals surface area contributed by atoms with Gasteiger partial charge in [-0.2, -0.15) is 0 Å². The molecule has 1 atom stereocenters. The van der Waals surface area contributed by atoms with E-state index in [9.17, 15) is 14.4 Å². The van der Waals surface area contributed by atoms with Gasteiger partial charge in [0.05, 0.1) is 0 Å². The van der Waals surface area contributed by atoms with Crippen LogP contribution in [0.15, 0.2) is 36.5 Å². The van der Waals surface area contributed by atoms with E-state index in [-0.39, 0.29) is 11.1 Å². The maximum atomic E-state index is 10.9. The van der Waals surface area contributed by atoms with Gasteiger partial charge in [0, 0.05) is 23.1 Å². The fourth-order valence-electron chi connectivity index (χ4n) is 1.50. The van der Waals surface area contributed by atoms with Gasteiger partial charge in [0.25, 0.3) is 0 Å². The van der Waals surface area contributed by atoms with E-state index in [1.54, 1.807) is 6.92 Å². The molecule has 0 heterocycles. The molecular weight excluding hydrogens is 302 g/mol. The number of carbonyl (C=O) groups is 3. The van der Waals surface area contributed by atoms with Crippen molar-refractivity contribution in [3.63, 3.8) is 0 Å². The van der Waals surface area contributed by atoms with Crippen molar-refractivity contribution >= 4 is 17.9 Å². The molecule has 23 heavy (non-hydrogen) atoms. The van der Waals surface area contributed by atoms with Crippen LogP contribution in [0.25, 0.3) is 0 Å². The van der Waals surface area contributed by atoms with E-state index in [2.05, 4.69) is 13.2 Å². The van der Waals surface area contributed by atoms with Gasteiger partial charge in [0.1, 0.15) is 0 Å². The highest BCUT2D eigenvalue weighted by molar-refractivity contribution is 5.89. The molecule has 0 aliphatic rings. The Morgan fingerprint density at radius 3 is 1.87 bits per heavy atom. The van der Waals surface area contributed by atoms with Crippen molar-refractivity contribution in [2.75, 3.05) is 20.6 Å². The van der Waals surface area contributed by atoms with Crippen molar-refractivity contribution in [2.24, 2.45) is 5.92 Å². The van der Waals surface area contributed by atoms with Crippen molar-refractivity contribution in [3.05, 3.63) is 36.5 Å². The molecule has 0 aliphatic heterocycles. The van der Waals surface area contributed by atoms with Gasteiger partial charge < -0.3 is 20.2 Å². The SMILES string of the molecule is C=C(C(=O)O)C(C=C(CC)C(=O)O)CCN(C)C.C=CC(=O)O. The number of carboxylic acid groups (broad SMARTS) is 3. The Hall–Kier alpha value is -2.41. The Balaban J connectivity index is 0. The molecule has 0 bridgehead atoms. The van der Waals surface area contributed by atoms with Crippen molar-refractivity contribution in [1.29, 1.82) is 0 Å². The van der Waals surface area contributed by atoms with Crippen LogP contribution in [0.5, 0.6) is 0 Å². The van der Waals surface area contributed by atoms with Gasteiger partial charge in [-0.25, -0.2) is 14.4 Å². The third kappa shape index (κ3) is 11.9. The average Bonchev–Trinajstić information content (AvgIpc) is 2.46. The van der Waals surface area contributed by atoms with Gasteiger partial charge >= 0.3 is 17.9 Å². The summed E-state index contributed by atoms with van der Waals surface area (Å²) in [4.78, 5) is 33.0. The van der Waals surface area contributed by atoms with Crippen LogP contribution in [0.2, 0.25) is 0 Å². The molecule has 7 heteroatoms. The number of allylic oxidation sites excluding steroid dienone is 1. The first-order chi connectivity index (χ1) is 10.6. The Labute approximate surface area is 136 Å². The minimum absolute atomic E-state index is 0.0315. The molecule has 0 saturated heterocycles. The molecule has 0 radical (unpaired) electrons. The van der Waals surface area contributed by atoms with E-state index in [0.717, 1.165) is 6.08 Å².